The van der Waals surface area contributed by atoms with Crippen molar-refractivity contribution in [2.45, 2.75) is 0 Å². The van der Waals surface area contributed by atoms with Gasteiger partial charge in [-0.1, -0.05) is 133 Å². The van der Waals surface area contributed by atoms with Crippen molar-refractivity contribution in [1.82, 2.24) is 19.5 Å². The molecule has 0 atom stereocenters. The Hall–Kier alpha value is -7.11. The summed E-state index contributed by atoms with van der Waals surface area (Å²) in [7, 11) is 0. The number of aromatic nitrogens is 4. The van der Waals surface area contributed by atoms with Crippen LogP contribution in [0, 0.1) is 0 Å². The summed E-state index contributed by atoms with van der Waals surface area (Å²) in [6, 6.07) is 59.2. The molecule has 11 rings (SSSR count). The first-order valence-corrected chi connectivity index (χ1v) is 17.4. The molecule has 0 aliphatic heterocycles. The van der Waals surface area contributed by atoms with Crippen LogP contribution in [0.2, 0.25) is 0 Å². The van der Waals surface area contributed by atoms with Crippen LogP contribution < -0.4 is 0 Å². The van der Waals surface area contributed by atoms with Crippen LogP contribution >= 0.6 is 0 Å². The molecule has 3 heterocycles. The van der Waals surface area contributed by atoms with E-state index in [0.29, 0.717) is 17.5 Å². The molecule has 0 aliphatic carbocycles. The van der Waals surface area contributed by atoms with Gasteiger partial charge in [0.2, 0.25) is 0 Å². The van der Waals surface area contributed by atoms with E-state index in [4.69, 9.17) is 19.4 Å². The molecular formula is C47H28N4O. The van der Waals surface area contributed by atoms with Gasteiger partial charge in [-0.3, -0.25) is 0 Å². The Morgan fingerprint density at radius 1 is 0.385 bits per heavy atom. The van der Waals surface area contributed by atoms with Crippen LogP contribution in [0.4, 0.5) is 0 Å². The first kappa shape index (κ1) is 28.7. The van der Waals surface area contributed by atoms with Crippen molar-refractivity contribution in [3.05, 3.63) is 170 Å². The topological polar surface area (TPSA) is 56.7 Å². The lowest BCUT2D eigenvalue weighted by atomic mass is 10.0. The summed E-state index contributed by atoms with van der Waals surface area (Å²) < 4.78 is 9.25. The molecule has 242 valence electrons. The number of hydrogen-bond donors (Lipinski definition) is 0. The molecule has 52 heavy (non-hydrogen) atoms. The van der Waals surface area contributed by atoms with Gasteiger partial charge in [0.1, 0.15) is 5.58 Å². The summed E-state index contributed by atoms with van der Waals surface area (Å²) in [5.41, 5.74) is 7.63. The number of hydrogen-bond acceptors (Lipinski definition) is 4. The second-order valence-corrected chi connectivity index (χ2v) is 13.2. The minimum Gasteiger partial charge on any atom is -0.454 e. The molecule has 0 spiro atoms. The third kappa shape index (κ3) is 4.39. The van der Waals surface area contributed by atoms with E-state index in [1.807, 2.05) is 60.7 Å². The van der Waals surface area contributed by atoms with Crippen molar-refractivity contribution in [3.63, 3.8) is 0 Å². The molecule has 0 radical (unpaired) electrons. The predicted molar refractivity (Wildman–Crippen MR) is 213 cm³/mol. The van der Waals surface area contributed by atoms with E-state index in [-0.39, 0.29) is 0 Å². The maximum absolute atomic E-state index is 6.88. The van der Waals surface area contributed by atoms with Gasteiger partial charge in [-0.25, -0.2) is 15.0 Å². The highest BCUT2D eigenvalue weighted by molar-refractivity contribution is 6.24. The Labute approximate surface area is 298 Å². The van der Waals surface area contributed by atoms with Crippen molar-refractivity contribution in [1.29, 1.82) is 0 Å². The Bertz CT molecular complexity index is 3120. The minimum atomic E-state index is 0.594. The molecule has 3 aromatic heterocycles. The van der Waals surface area contributed by atoms with Crippen molar-refractivity contribution < 1.29 is 4.42 Å². The van der Waals surface area contributed by atoms with E-state index in [1.165, 1.54) is 32.3 Å². The van der Waals surface area contributed by atoms with Gasteiger partial charge in [-0.15, -0.1) is 0 Å². The highest BCUT2D eigenvalue weighted by Gasteiger charge is 2.20. The van der Waals surface area contributed by atoms with Crippen LogP contribution in [0.5, 0.6) is 0 Å². The normalized spacial score (nSPS) is 11.8. The van der Waals surface area contributed by atoms with Gasteiger partial charge in [-0.2, -0.15) is 0 Å². The van der Waals surface area contributed by atoms with E-state index in [0.717, 1.165) is 55.3 Å². The number of para-hydroxylation sites is 1. The zero-order valence-corrected chi connectivity index (χ0v) is 27.9. The SMILES string of the molecule is c1ccc(-c2nc(-c3ccccc3)nc(-c3ccc4c(c3)oc3c(-n5c6cc7ccccc7cc6c6c7ccccc7ccc65)cccc34)n2)cc1. The van der Waals surface area contributed by atoms with Crippen LogP contribution in [-0.2, 0) is 0 Å². The maximum Gasteiger partial charge on any atom is 0.164 e. The van der Waals surface area contributed by atoms with Crippen molar-refractivity contribution in [3.8, 4) is 39.9 Å². The quantitative estimate of drug-likeness (QED) is 0.188. The molecule has 0 aliphatic rings. The average molecular weight is 665 g/mol. The van der Waals surface area contributed by atoms with Crippen molar-refractivity contribution >= 4 is 65.3 Å². The number of nitrogens with zero attached hydrogens (tertiary/aromatic N) is 4. The van der Waals surface area contributed by atoms with Gasteiger partial charge >= 0.3 is 0 Å². The highest BCUT2D eigenvalue weighted by atomic mass is 16.3. The Morgan fingerprint density at radius 3 is 1.73 bits per heavy atom. The monoisotopic (exact) mass is 664 g/mol. The van der Waals surface area contributed by atoms with E-state index in [2.05, 4.69) is 114 Å². The molecule has 0 unspecified atom stereocenters. The number of furan rings is 1. The lowest BCUT2D eigenvalue weighted by Gasteiger charge is -2.09. The van der Waals surface area contributed by atoms with Gasteiger partial charge in [0, 0.05) is 38.2 Å². The zero-order valence-electron chi connectivity index (χ0n) is 27.9. The van der Waals surface area contributed by atoms with Gasteiger partial charge < -0.3 is 8.98 Å². The zero-order chi connectivity index (χ0) is 34.2. The standard InChI is InChI=1S/C47H28N4O/c1-3-13-30(14-4-1)45-48-46(31-15-5-2-6-16-31)50-47(49-45)34-22-24-36-37-20-11-21-40(44(37)52-42(36)28-34)51-39-25-23-29-12-9-10-19-35(29)43(39)38-26-32-17-7-8-18-33(32)27-41(38)51/h1-28H. The third-order valence-corrected chi connectivity index (χ3v) is 10.2. The first-order valence-electron chi connectivity index (χ1n) is 17.4. The van der Waals surface area contributed by atoms with Crippen LogP contribution in [0.3, 0.4) is 0 Å². The molecule has 5 heteroatoms. The fourth-order valence-corrected chi connectivity index (χ4v) is 7.77. The highest BCUT2D eigenvalue weighted by Crippen LogP contribution is 2.42. The van der Waals surface area contributed by atoms with Gasteiger partial charge in [0.15, 0.2) is 23.1 Å². The smallest absolute Gasteiger partial charge is 0.164 e. The lowest BCUT2D eigenvalue weighted by Crippen LogP contribution is -2.00. The number of benzene rings is 8. The summed E-state index contributed by atoms with van der Waals surface area (Å²) in [6.07, 6.45) is 0. The Kier molecular flexibility index (Phi) is 6.18. The molecule has 11 aromatic rings. The van der Waals surface area contributed by atoms with E-state index < -0.39 is 0 Å². The van der Waals surface area contributed by atoms with Gasteiger partial charge in [-0.05, 0) is 57.9 Å². The molecule has 8 aromatic carbocycles. The summed E-state index contributed by atoms with van der Waals surface area (Å²) in [4.78, 5) is 14.8. The van der Waals surface area contributed by atoms with Crippen LogP contribution in [0.25, 0.3) is 105 Å². The molecule has 0 saturated heterocycles. The van der Waals surface area contributed by atoms with E-state index in [1.54, 1.807) is 0 Å². The minimum absolute atomic E-state index is 0.594. The molecule has 0 bridgehead atoms. The Balaban J connectivity index is 1.15. The second kappa shape index (κ2) is 11.2. The lowest BCUT2D eigenvalue weighted by molar-refractivity contribution is 0.666. The number of fused-ring (bicyclic) bond motifs is 9. The molecule has 0 saturated carbocycles. The maximum atomic E-state index is 6.88. The predicted octanol–water partition coefficient (Wildman–Crippen LogP) is 12.2. The third-order valence-electron chi connectivity index (χ3n) is 10.2. The van der Waals surface area contributed by atoms with Gasteiger partial charge in [0.25, 0.3) is 0 Å². The molecular weight excluding hydrogens is 637 g/mol. The number of rotatable bonds is 4. The van der Waals surface area contributed by atoms with Gasteiger partial charge in [0.05, 0.1) is 16.7 Å². The van der Waals surface area contributed by atoms with Crippen LogP contribution in [-0.4, -0.2) is 19.5 Å². The van der Waals surface area contributed by atoms with Crippen LogP contribution in [0.1, 0.15) is 0 Å². The fourth-order valence-electron chi connectivity index (χ4n) is 7.77. The second-order valence-electron chi connectivity index (χ2n) is 13.2. The fraction of sp³-hybridized carbons (Fsp3) is 0. The van der Waals surface area contributed by atoms with Crippen molar-refractivity contribution in [2.75, 3.05) is 0 Å². The summed E-state index contributed by atoms with van der Waals surface area (Å²) in [5, 5.41) is 9.45. The summed E-state index contributed by atoms with van der Waals surface area (Å²) in [6.45, 7) is 0. The molecule has 5 nitrogen and oxygen atoms in total. The summed E-state index contributed by atoms with van der Waals surface area (Å²) >= 11 is 0. The Morgan fingerprint density at radius 2 is 1.00 bits per heavy atom. The van der Waals surface area contributed by atoms with E-state index in [9.17, 15) is 0 Å². The average Bonchev–Trinajstić information content (AvgIpc) is 3.75. The van der Waals surface area contributed by atoms with E-state index >= 15 is 0 Å². The summed E-state index contributed by atoms with van der Waals surface area (Å²) in [5.74, 6) is 1.85. The van der Waals surface area contributed by atoms with Crippen LogP contribution in [0.15, 0.2) is 174 Å². The molecule has 0 N–H and O–H groups in total. The largest absolute Gasteiger partial charge is 0.454 e. The first-order chi connectivity index (χ1) is 25.8. The van der Waals surface area contributed by atoms with Crippen molar-refractivity contribution in [2.24, 2.45) is 0 Å². The molecule has 0 fully saturated rings. The molecule has 0 amide bonds.